The highest BCUT2D eigenvalue weighted by atomic mass is 19.1. The van der Waals surface area contributed by atoms with Gasteiger partial charge in [-0.3, -0.25) is 0 Å². The highest BCUT2D eigenvalue weighted by Crippen LogP contribution is 2.46. The molecule has 4 fully saturated rings. The molecule has 4 aromatic carbocycles. The van der Waals surface area contributed by atoms with E-state index in [1.54, 1.807) is 44.2 Å². The van der Waals surface area contributed by atoms with Gasteiger partial charge in [-0.25, -0.2) is 22.0 Å². The van der Waals surface area contributed by atoms with Crippen molar-refractivity contribution in [1.29, 1.82) is 0 Å². The van der Waals surface area contributed by atoms with Gasteiger partial charge in [0.1, 0.15) is 29.1 Å². The van der Waals surface area contributed by atoms with Crippen LogP contribution in [0.4, 0.5) is 22.0 Å². The van der Waals surface area contributed by atoms with E-state index in [1.165, 1.54) is 101 Å². The third-order valence-corrected chi connectivity index (χ3v) is 14.9. The molecular weight excluding hydrogens is 720 g/mol. The first-order valence-electron chi connectivity index (χ1n) is 22.2. The average molecular weight is 783 g/mol. The van der Waals surface area contributed by atoms with Gasteiger partial charge in [-0.1, -0.05) is 75.9 Å². The molecule has 0 spiro atoms. The predicted octanol–water partition coefficient (Wildman–Crippen LogP) is 16.2. The van der Waals surface area contributed by atoms with Gasteiger partial charge < -0.3 is 0 Å². The number of benzene rings is 4. The second kappa shape index (κ2) is 18.6. The first-order chi connectivity index (χ1) is 27.4. The standard InChI is InChI=1S/C26H31F3.C26H32F2/c1-16-3-6-18(7-4-16)19-9-11-20(12-10-19)22-14-24(28)26(25(29)15-22)21-8-5-17(2)23(27)13-21;1-17-3-6-19(7-4-17)20-9-11-21(12-10-20)22-13-14-24(26(28)15-22)23-8-5-18(2)25(27)16-23/h5,8,13-16,18-20H,3-4,6-7,9-12H2,1-2H3;5,8,13-17,19-21H,3-4,6-7,9-12H2,1-2H3. The van der Waals surface area contributed by atoms with E-state index < -0.39 is 17.5 Å². The van der Waals surface area contributed by atoms with Crippen LogP contribution < -0.4 is 0 Å². The van der Waals surface area contributed by atoms with Gasteiger partial charge in [-0.2, -0.15) is 0 Å². The van der Waals surface area contributed by atoms with Crippen LogP contribution in [-0.2, 0) is 0 Å². The summed E-state index contributed by atoms with van der Waals surface area (Å²) in [4.78, 5) is 0. The smallest absolute Gasteiger partial charge is 0.134 e. The lowest BCUT2D eigenvalue weighted by atomic mass is 9.68. The molecule has 0 nitrogen and oxygen atoms in total. The summed E-state index contributed by atoms with van der Waals surface area (Å²) in [6, 6.07) is 17.8. The Morgan fingerprint density at radius 2 is 0.754 bits per heavy atom. The molecule has 0 unspecified atom stereocenters. The second-order valence-corrected chi connectivity index (χ2v) is 18.8. The Morgan fingerprint density at radius 3 is 1.19 bits per heavy atom. The van der Waals surface area contributed by atoms with Gasteiger partial charge in [0.2, 0.25) is 0 Å². The van der Waals surface area contributed by atoms with E-state index in [0.717, 1.165) is 72.3 Å². The van der Waals surface area contributed by atoms with E-state index in [1.807, 2.05) is 6.07 Å². The van der Waals surface area contributed by atoms with Gasteiger partial charge in [0.25, 0.3) is 0 Å². The SMILES string of the molecule is Cc1ccc(-c2c(F)cc(C3CCC(C4CCC(C)CC4)CC3)cc2F)cc1F.Cc1ccc(-c2ccc(C3CCC(C4CCC(C)CC4)CC3)cc2F)cc1F. The molecule has 4 aromatic rings. The predicted molar refractivity (Wildman–Crippen MR) is 225 cm³/mol. The monoisotopic (exact) mass is 782 g/mol. The maximum Gasteiger partial charge on any atom is 0.134 e. The Hall–Kier alpha value is -3.47. The van der Waals surface area contributed by atoms with Gasteiger partial charge in [0.05, 0.1) is 5.56 Å². The van der Waals surface area contributed by atoms with Crippen LogP contribution in [0.5, 0.6) is 0 Å². The van der Waals surface area contributed by atoms with E-state index >= 15 is 0 Å². The van der Waals surface area contributed by atoms with Gasteiger partial charge in [0.15, 0.2) is 0 Å². The molecule has 57 heavy (non-hydrogen) atoms. The molecule has 0 N–H and O–H groups in total. The molecule has 8 rings (SSSR count). The van der Waals surface area contributed by atoms with Crippen LogP contribution in [0.2, 0.25) is 0 Å². The van der Waals surface area contributed by atoms with Crippen molar-refractivity contribution < 1.29 is 22.0 Å². The van der Waals surface area contributed by atoms with Crippen LogP contribution in [-0.4, -0.2) is 0 Å². The van der Waals surface area contributed by atoms with Crippen LogP contribution in [0.15, 0.2) is 66.7 Å². The topological polar surface area (TPSA) is 0 Å². The minimum Gasteiger partial charge on any atom is -0.207 e. The minimum atomic E-state index is -0.591. The van der Waals surface area contributed by atoms with Gasteiger partial charge in [-0.05, 0) is 202 Å². The lowest BCUT2D eigenvalue weighted by Gasteiger charge is -2.37. The normalized spacial score (nSPS) is 28.0. The zero-order valence-electron chi connectivity index (χ0n) is 34.7. The summed E-state index contributed by atoms with van der Waals surface area (Å²) in [5.41, 5.74) is 4.16. The lowest BCUT2D eigenvalue weighted by molar-refractivity contribution is 0.165. The Balaban J connectivity index is 0.000000174. The van der Waals surface area contributed by atoms with Crippen molar-refractivity contribution in [2.45, 2.75) is 142 Å². The molecule has 0 bridgehead atoms. The molecule has 4 saturated carbocycles. The van der Waals surface area contributed by atoms with Crippen LogP contribution in [0.25, 0.3) is 22.3 Å². The number of halogens is 5. The highest BCUT2D eigenvalue weighted by molar-refractivity contribution is 5.66. The van der Waals surface area contributed by atoms with Gasteiger partial charge >= 0.3 is 0 Å². The number of hydrogen-bond acceptors (Lipinski definition) is 0. The molecule has 0 aromatic heterocycles. The van der Waals surface area contributed by atoms with E-state index in [2.05, 4.69) is 19.9 Å². The van der Waals surface area contributed by atoms with Crippen molar-refractivity contribution in [3.05, 3.63) is 118 Å². The van der Waals surface area contributed by atoms with Crippen molar-refractivity contribution in [3.63, 3.8) is 0 Å². The maximum absolute atomic E-state index is 14.8. The first kappa shape index (κ1) is 41.7. The Morgan fingerprint density at radius 1 is 0.368 bits per heavy atom. The molecule has 306 valence electrons. The number of rotatable bonds is 6. The maximum atomic E-state index is 14.8. The molecule has 0 amide bonds. The summed E-state index contributed by atoms with van der Waals surface area (Å²) >= 11 is 0. The van der Waals surface area contributed by atoms with Crippen LogP contribution >= 0.6 is 0 Å². The molecule has 0 saturated heterocycles. The van der Waals surface area contributed by atoms with Gasteiger partial charge in [-0.15, -0.1) is 0 Å². The average Bonchev–Trinajstić information content (AvgIpc) is 3.21. The Bertz CT molecular complexity index is 1930. The van der Waals surface area contributed by atoms with Crippen LogP contribution in [0.3, 0.4) is 0 Å². The van der Waals surface area contributed by atoms with E-state index in [4.69, 9.17) is 0 Å². The third-order valence-electron chi connectivity index (χ3n) is 14.9. The van der Waals surface area contributed by atoms with Crippen molar-refractivity contribution in [1.82, 2.24) is 0 Å². The third kappa shape index (κ3) is 10.0. The second-order valence-electron chi connectivity index (χ2n) is 18.8. The molecule has 4 aliphatic rings. The lowest BCUT2D eigenvalue weighted by Crippen LogP contribution is -2.24. The molecule has 0 heterocycles. The number of aryl methyl sites for hydroxylation is 2. The first-order valence-corrected chi connectivity index (χ1v) is 22.2. The van der Waals surface area contributed by atoms with Crippen molar-refractivity contribution in [2.75, 3.05) is 0 Å². The molecule has 0 atom stereocenters. The summed E-state index contributed by atoms with van der Waals surface area (Å²) in [5, 5.41) is 0. The fraction of sp³-hybridized carbons (Fsp3) is 0.538. The summed E-state index contributed by atoms with van der Waals surface area (Å²) in [6.07, 6.45) is 20.3. The zero-order valence-corrected chi connectivity index (χ0v) is 34.7. The van der Waals surface area contributed by atoms with E-state index in [9.17, 15) is 22.0 Å². The summed E-state index contributed by atoms with van der Waals surface area (Å²) in [7, 11) is 0. The zero-order chi connectivity index (χ0) is 40.2. The fourth-order valence-corrected chi connectivity index (χ4v) is 11.0. The van der Waals surface area contributed by atoms with Crippen molar-refractivity contribution >= 4 is 0 Å². The van der Waals surface area contributed by atoms with Crippen molar-refractivity contribution in [2.24, 2.45) is 35.5 Å². The van der Waals surface area contributed by atoms with E-state index in [0.29, 0.717) is 28.2 Å². The molecule has 4 aliphatic carbocycles. The number of hydrogen-bond donors (Lipinski definition) is 0. The largest absolute Gasteiger partial charge is 0.207 e. The summed E-state index contributed by atoms with van der Waals surface area (Å²) in [5.74, 6) is 3.77. The quantitative estimate of drug-likeness (QED) is 0.171. The highest BCUT2D eigenvalue weighted by Gasteiger charge is 2.32. The molecule has 0 radical (unpaired) electrons. The molecular formula is C52H63F5. The summed E-state index contributed by atoms with van der Waals surface area (Å²) in [6.45, 7) is 8.10. The van der Waals surface area contributed by atoms with E-state index in [-0.39, 0.29) is 28.7 Å². The molecule has 0 aliphatic heterocycles. The molecule has 5 heteroatoms. The summed E-state index contributed by atoms with van der Waals surface area (Å²) < 4.78 is 72.2. The fourth-order valence-electron chi connectivity index (χ4n) is 11.0. The van der Waals surface area contributed by atoms with Crippen LogP contribution in [0.1, 0.15) is 151 Å². The van der Waals surface area contributed by atoms with Crippen LogP contribution in [0, 0.1) is 78.4 Å². The van der Waals surface area contributed by atoms with Gasteiger partial charge in [0, 0.05) is 5.56 Å². The van der Waals surface area contributed by atoms with Crippen molar-refractivity contribution in [3.8, 4) is 22.3 Å². The Labute approximate surface area is 339 Å². The Kier molecular flexibility index (Phi) is 13.6. The minimum absolute atomic E-state index is 0.127.